The van der Waals surface area contributed by atoms with Crippen molar-refractivity contribution in [3.05, 3.63) is 78.3 Å². The van der Waals surface area contributed by atoms with Crippen LogP contribution in [0, 0.1) is 0 Å². The zero-order chi connectivity index (χ0) is 23.9. The van der Waals surface area contributed by atoms with Crippen molar-refractivity contribution in [3.8, 4) is 5.75 Å². The van der Waals surface area contributed by atoms with Crippen LogP contribution in [-0.4, -0.2) is 44.4 Å². The number of para-hydroxylation sites is 2. The molecule has 0 spiro atoms. The van der Waals surface area contributed by atoms with Gasteiger partial charge < -0.3 is 19.8 Å². The van der Waals surface area contributed by atoms with Crippen LogP contribution < -0.4 is 15.4 Å². The van der Waals surface area contributed by atoms with Gasteiger partial charge in [0.25, 0.3) is 5.91 Å². The molecule has 2 heterocycles. The van der Waals surface area contributed by atoms with E-state index in [1.807, 2.05) is 18.2 Å². The van der Waals surface area contributed by atoms with Crippen LogP contribution in [0.3, 0.4) is 0 Å². The monoisotopic (exact) mass is 478 g/mol. The van der Waals surface area contributed by atoms with Gasteiger partial charge >= 0.3 is 0 Å². The van der Waals surface area contributed by atoms with Crippen molar-refractivity contribution in [1.82, 2.24) is 20.2 Å². The number of hydrogen-bond acceptors (Lipinski definition) is 8. The van der Waals surface area contributed by atoms with Gasteiger partial charge in [0.15, 0.2) is 0 Å². The first kappa shape index (κ1) is 23.1. The summed E-state index contributed by atoms with van der Waals surface area (Å²) in [4.78, 5) is 25.2. The Labute approximate surface area is 199 Å². The summed E-state index contributed by atoms with van der Waals surface area (Å²) >= 11 is 1.24. The highest BCUT2D eigenvalue weighted by atomic mass is 32.2. The lowest BCUT2D eigenvalue weighted by molar-refractivity contribution is -0.115. The Balaban J connectivity index is 1.34. The molecule has 0 unspecified atom stereocenters. The molecule has 2 aromatic heterocycles. The third kappa shape index (κ3) is 5.62. The van der Waals surface area contributed by atoms with Crippen LogP contribution in [-0.2, 0) is 11.3 Å². The minimum absolute atomic E-state index is 0.219. The summed E-state index contributed by atoms with van der Waals surface area (Å²) in [5, 5.41) is 17.3. The number of anilines is 2. The topological polar surface area (TPSA) is 124 Å². The molecule has 2 amide bonds. The number of methoxy groups -OCH3 is 1. The van der Waals surface area contributed by atoms with Crippen LogP contribution in [0.4, 0.5) is 11.4 Å². The minimum atomic E-state index is -0.463. The molecule has 0 aliphatic carbocycles. The van der Waals surface area contributed by atoms with Crippen LogP contribution in [0.1, 0.15) is 23.0 Å². The number of ether oxygens (including phenoxy) is 1. The Morgan fingerprint density at radius 1 is 1.09 bits per heavy atom. The molecule has 0 fully saturated rings. The van der Waals surface area contributed by atoms with E-state index in [9.17, 15) is 9.59 Å². The van der Waals surface area contributed by atoms with Crippen molar-refractivity contribution in [2.24, 2.45) is 0 Å². The first-order valence-electron chi connectivity index (χ1n) is 10.3. The summed E-state index contributed by atoms with van der Waals surface area (Å²) in [6.07, 6.45) is 1.58. The molecule has 2 N–H and O–H groups in total. The maximum atomic E-state index is 12.7. The molecule has 0 radical (unpaired) electrons. The predicted molar refractivity (Wildman–Crippen MR) is 127 cm³/mol. The van der Waals surface area contributed by atoms with Gasteiger partial charge in [0.05, 0.1) is 24.3 Å². The Morgan fingerprint density at radius 2 is 1.88 bits per heavy atom. The summed E-state index contributed by atoms with van der Waals surface area (Å²) in [5.41, 5.74) is 1.59. The van der Waals surface area contributed by atoms with Crippen molar-refractivity contribution in [1.29, 1.82) is 0 Å². The quantitative estimate of drug-likeness (QED) is 0.349. The van der Waals surface area contributed by atoms with Gasteiger partial charge in [-0.25, -0.2) is 4.68 Å². The standard InChI is InChI=1S/C23H22N6O4S/c1-15(34-23-26-27-28-29(23)14-18-6-5-13-33-18)21(30)24-17-11-9-16(10-12-17)22(31)25-19-7-3-4-8-20(19)32-2/h3-13,15H,14H2,1-2H3,(H,24,30)(H,25,31)/t15-/m0/s1. The van der Waals surface area contributed by atoms with Crippen LogP contribution >= 0.6 is 11.8 Å². The van der Waals surface area contributed by atoms with Gasteiger partial charge in [-0.15, -0.1) is 5.10 Å². The number of carbonyl (C=O) groups is 2. The lowest BCUT2D eigenvalue weighted by Crippen LogP contribution is -2.23. The molecule has 4 rings (SSSR count). The molecular weight excluding hydrogens is 456 g/mol. The average Bonchev–Trinajstić information content (AvgIpc) is 3.52. The summed E-state index contributed by atoms with van der Waals surface area (Å²) in [6.45, 7) is 2.13. The number of thioether (sulfide) groups is 1. The minimum Gasteiger partial charge on any atom is -0.495 e. The molecule has 2 aromatic carbocycles. The Morgan fingerprint density at radius 3 is 2.62 bits per heavy atom. The molecule has 10 nitrogen and oxygen atoms in total. The molecule has 0 saturated carbocycles. The summed E-state index contributed by atoms with van der Waals surface area (Å²) < 4.78 is 12.2. The summed E-state index contributed by atoms with van der Waals surface area (Å²) in [6, 6.07) is 17.4. The third-order valence-corrected chi connectivity index (χ3v) is 5.88. The number of hydrogen-bond donors (Lipinski definition) is 2. The Bertz CT molecular complexity index is 1260. The smallest absolute Gasteiger partial charge is 0.255 e. The fourth-order valence-electron chi connectivity index (χ4n) is 3.03. The maximum Gasteiger partial charge on any atom is 0.255 e. The zero-order valence-electron chi connectivity index (χ0n) is 18.5. The molecule has 11 heteroatoms. The summed E-state index contributed by atoms with van der Waals surface area (Å²) in [7, 11) is 1.54. The first-order valence-corrected chi connectivity index (χ1v) is 11.2. The number of aromatic nitrogens is 4. The normalized spacial score (nSPS) is 11.6. The second-order valence-electron chi connectivity index (χ2n) is 7.18. The third-order valence-electron chi connectivity index (χ3n) is 4.81. The first-order chi connectivity index (χ1) is 16.5. The molecule has 4 aromatic rings. The van der Waals surface area contributed by atoms with Gasteiger partial charge in [0.1, 0.15) is 18.1 Å². The predicted octanol–water partition coefficient (Wildman–Crippen LogP) is 3.69. The van der Waals surface area contributed by atoms with Crippen molar-refractivity contribution in [3.63, 3.8) is 0 Å². The average molecular weight is 479 g/mol. The molecule has 0 bridgehead atoms. The largest absolute Gasteiger partial charge is 0.495 e. The van der Waals surface area contributed by atoms with Crippen LogP contribution in [0.15, 0.2) is 76.5 Å². The SMILES string of the molecule is COc1ccccc1NC(=O)c1ccc(NC(=O)[C@H](C)Sc2nnnn2Cc2ccco2)cc1. The van der Waals surface area contributed by atoms with Crippen LogP contribution in [0.25, 0.3) is 0 Å². The number of amides is 2. The van der Waals surface area contributed by atoms with E-state index in [0.717, 1.165) is 0 Å². The number of benzene rings is 2. The van der Waals surface area contributed by atoms with Crippen LogP contribution in [0.2, 0.25) is 0 Å². The molecule has 0 saturated heterocycles. The second kappa shape index (κ2) is 10.7. The molecule has 34 heavy (non-hydrogen) atoms. The van der Waals surface area contributed by atoms with E-state index in [1.165, 1.54) is 11.8 Å². The number of tetrazole rings is 1. The lowest BCUT2D eigenvalue weighted by Gasteiger charge is -2.12. The van der Waals surface area contributed by atoms with Gasteiger partial charge in [-0.2, -0.15) is 0 Å². The van der Waals surface area contributed by atoms with Gasteiger partial charge in [0, 0.05) is 11.3 Å². The maximum absolute atomic E-state index is 12.7. The fourth-order valence-corrected chi connectivity index (χ4v) is 3.82. The van der Waals surface area contributed by atoms with E-state index in [0.29, 0.717) is 40.1 Å². The van der Waals surface area contributed by atoms with Gasteiger partial charge in [-0.1, -0.05) is 23.9 Å². The number of carbonyl (C=O) groups excluding carboxylic acids is 2. The Kier molecular flexibility index (Phi) is 7.23. The highest BCUT2D eigenvalue weighted by Gasteiger charge is 2.19. The molecule has 0 aliphatic heterocycles. The zero-order valence-corrected chi connectivity index (χ0v) is 19.3. The van der Waals surface area contributed by atoms with Crippen molar-refractivity contribution >= 4 is 35.0 Å². The van der Waals surface area contributed by atoms with Gasteiger partial charge in [-0.05, 0) is 65.9 Å². The van der Waals surface area contributed by atoms with E-state index in [2.05, 4.69) is 26.2 Å². The summed E-state index contributed by atoms with van der Waals surface area (Å²) in [5.74, 6) is 0.779. The van der Waals surface area contributed by atoms with E-state index < -0.39 is 5.25 Å². The lowest BCUT2D eigenvalue weighted by atomic mass is 10.2. The number of nitrogens with one attached hydrogen (secondary N) is 2. The number of nitrogens with zero attached hydrogens (tertiary/aromatic N) is 4. The van der Waals surface area contributed by atoms with Crippen molar-refractivity contribution in [2.75, 3.05) is 17.7 Å². The number of rotatable bonds is 9. The molecule has 0 aliphatic rings. The number of furan rings is 1. The molecule has 1 atom stereocenters. The highest BCUT2D eigenvalue weighted by molar-refractivity contribution is 8.00. The Hall–Kier alpha value is -4.12. The van der Waals surface area contributed by atoms with Gasteiger partial charge in [-0.3, -0.25) is 9.59 Å². The molecule has 174 valence electrons. The highest BCUT2D eigenvalue weighted by Crippen LogP contribution is 2.25. The van der Waals surface area contributed by atoms with E-state index in [1.54, 1.807) is 67.4 Å². The molecular formula is C23H22N6O4S. The fraction of sp³-hybridized carbons (Fsp3) is 0.174. The second-order valence-corrected chi connectivity index (χ2v) is 8.49. The van der Waals surface area contributed by atoms with E-state index in [-0.39, 0.29) is 11.8 Å². The van der Waals surface area contributed by atoms with E-state index in [4.69, 9.17) is 9.15 Å². The van der Waals surface area contributed by atoms with Crippen molar-refractivity contribution in [2.45, 2.75) is 23.9 Å². The van der Waals surface area contributed by atoms with Crippen molar-refractivity contribution < 1.29 is 18.7 Å². The van der Waals surface area contributed by atoms with Crippen LogP contribution in [0.5, 0.6) is 5.75 Å². The van der Waals surface area contributed by atoms with E-state index >= 15 is 0 Å². The van der Waals surface area contributed by atoms with Gasteiger partial charge in [0.2, 0.25) is 11.1 Å².